The Balaban J connectivity index is 0. The molecule has 1 fully saturated rings. The normalized spacial score (nSPS) is 17.9. The Kier molecular flexibility index (Phi) is 15.5. The van der Waals surface area contributed by atoms with Gasteiger partial charge in [0, 0.05) is 5.82 Å². The number of rotatable bonds is 7. The first kappa shape index (κ1) is 25.5. The second-order valence-corrected chi connectivity index (χ2v) is 7.22. The van der Waals surface area contributed by atoms with Crippen LogP contribution in [0.1, 0.15) is 72.6 Å². The lowest BCUT2D eigenvalue weighted by Crippen LogP contribution is -2.27. The molecule has 144 valence electrons. The van der Waals surface area contributed by atoms with Crippen molar-refractivity contribution in [3.63, 3.8) is 0 Å². The van der Waals surface area contributed by atoms with Gasteiger partial charge in [0.05, 0.1) is 20.1 Å². The van der Waals surface area contributed by atoms with Crippen molar-refractivity contribution in [1.82, 2.24) is 0 Å². The molecule has 0 amide bonds. The van der Waals surface area contributed by atoms with Crippen molar-refractivity contribution in [3.8, 4) is 0 Å². The largest absolute Gasteiger partial charge is 0.469 e. The van der Waals surface area contributed by atoms with Crippen LogP contribution in [-0.4, -0.2) is 19.7 Å². The molecule has 1 unspecified atom stereocenters. The summed E-state index contributed by atoms with van der Waals surface area (Å²) >= 11 is 0. The number of hydrogen-bond donors (Lipinski definition) is 0. The van der Waals surface area contributed by atoms with Gasteiger partial charge >= 0.3 is 13.6 Å². The van der Waals surface area contributed by atoms with Crippen molar-refractivity contribution < 1.29 is 27.9 Å². The minimum atomic E-state index is -3.58. The van der Waals surface area contributed by atoms with E-state index in [1.165, 1.54) is 39.2 Å². The van der Waals surface area contributed by atoms with Crippen LogP contribution in [0.2, 0.25) is 0 Å². The quantitative estimate of drug-likeness (QED) is 0.396. The van der Waals surface area contributed by atoms with Crippen LogP contribution in [0.15, 0.2) is 12.4 Å². The lowest BCUT2D eigenvalue weighted by Gasteiger charge is -2.35. The van der Waals surface area contributed by atoms with E-state index in [9.17, 15) is 13.9 Å². The summed E-state index contributed by atoms with van der Waals surface area (Å²) in [6.07, 6.45) is 8.05. The molecule has 0 heterocycles. The summed E-state index contributed by atoms with van der Waals surface area (Å²) in [5.74, 6) is 0.778. The van der Waals surface area contributed by atoms with Crippen LogP contribution in [0.4, 0.5) is 4.53 Å². The smallest absolute Gasteiger partial charge is 0.385 e. The Bertz CT molecular complexity index is 381. The fourth-order valence-corrected chi connectivity index (χ4v) is 3.18. The standard InChI is InChI=1S/C11H20O2.C4H8FO3P.C2H6/c1-3-11(9-10(12)13-2)7-5-4-6-8-11;1-3-7-9(6,4-2)8-5;1-2/h3-9H2,1-2H3;4H,2-3H2,1H3;1-2H3. The molecule has 0 aromatic heterocycles. The number of carbonyl (C=O) groups excluding carboxylic acids is 1. The summed E-state index contributed by atoms with van der Waals surface area (Å²) in [6, 6.07) is 0. The third-order valence-electron chi connectivity index (χ3n) is 4.04. The van der Waals surface area contributed by atoms with E-state index in [2.05, 4.69) is 22.8 Å². The minimum absolute atomic E-state index is 0.0382. The van der Waals surface area contributed by atoms with Gasteiger partial charge in [-0.3, -0.25) is 9.36 Å². The molecule has 5 nitrogen and oxygen atoms in total. The van der Waals surface area contributed by atoms with E-state index in [-0.39, 0.29) is 18.0 Å². The Morgan fingerprint density at radius 2 is 1.79 bits per heavy atom. The average molecular weight is 368 g/mol. The molecular weight excluding hydrogens is 334 g/mol. The van der Waals surface area contributed by atoms with Crippen molar-refractivity contribution in [2.24, 2.45) is 5.41 Å². The number of halogens is 1. The topological polar surface area (TPSA) is 61.8 Å². The summed E-state index contributed by atoms with van der Waals surface area (Å²) < 4.78 is 34.0. The molecule has 1 rings (SSSR count). The van der Waals surface area contributed by atoms with E-state index in [1.54, 1.807) is 6.92 Å². The van der Waals surface area contributed by atoms with E-state index in [1.807, 2.05) is 13.8 Å². The van der Waals surface area contributed by atoms with Crippen LogP contribution < -0.4 is 0 Å². The maximum atomic E-state index is 11.3. The fourth-order valence-electron chi connectivity index (χ4n) is 2.62. The molecule has 0 spiro atoms. The van der Waals surface area contributed by atoms with Crippen molar-refractivity contribution in [2.45, 2.75) is 72.6 Å². The van der Waals surface area contributed by atoms with E-state index < -0.39 is 7.60 Å². The Labute approximate surface area is 146 Å². The maximum Gasteiger partial charge on any atom is 0.385 e. The van der Waals surface area contributed by atoms with Gasteiger partial charge in [0.25, 0.3) is 0 Å². The lowest BCUT2D eigenvalue weighted by atomic mass is 9.70. The summed E-state index contributed by atoms with van der Waals surface area (Å²) in [6.45, 7) is 11.0. The molecule has 0 aromatic carbocycles. The molecular formula is C17H34FO5P. The second-order valence-electron chi connectivity index (χ2n) is 5.38. The molecule has 0 aliphatic heterocycles. The van der Waals surface area contributed by atoms with Crippen LogP contribution >= 0.6 is 7.60 Å². The molecule has 0 radical (unpaired) electrons. The first-order chi connectivity index (χ1) is 11.4. The van der Waals surface area contributed by atoms with Gasteiger partial charge in [0.1, 0.15) is 0 Å². The highest BCUT2D eigenvalue weighted by atomic mass is 31.2. The van der Waals surface area contributed by atoms with Gasteiger partial charge < -0.3 is 9.26 Å². The van der Waals surface area contributed by atoms with E-state index in [0.717, 1.165) is 12.2 Å². The minimum Gasteiger partial charge on any atom is -0.469 e. The van der Waals surface area contributed by atoms with Crippen molar-refractivity contribution in [2.75, 3.05) is 13.7 Å². The van der Waals surface area contributed by atoms with Gasteiger partial charge in [-0.1, -0.05) is 46.6 Å². The first-order valence-corrected chi connectivity index (χ1v) is 10.3. The van der Waals surface area contributed by atoms with E-state index >= 15 is 0 Å². The molecule has 7 heteroatoms. The summed E-state index contributed by atoms with van der Waals surface area (Å²) in [4.78, 5) is 11.2. The van der Waals surface area contributed by atoms with Gasteiger partial charge in [-0.05, 0) is 36.1 Å². The van der Waals surface area contributed by atoms with Gasteiger partial charge in [-0.2, -0.15) is 0 Å². The fraction of sp³-hybridized carbons (Fsp3) is 0.824. The van der Waals surface area contributed by atoms with Crippen LogP contribution in [0.25, 0.3) is 0 Å². The third-order valence-corrected chi connectivity index (χ3v) is 5.30. The Morgan fingerprint density at radius 3 is 2.08 bits per heavy atom. The molecule has 1 saturated carbocycles. The highest BCUT2D eigenvalue weighted by molar-refractivity contribution is 7.57. The lowest BCUT2D eigenvalue weighted by molar-refractivity contribution is -0.144. The number of carbonyl (C=O) groups is 1. The molecule has 0 N–H and O–H groups in total. The molecule has 1 aliphatic rings. The molecule has 1 atom stereocenters. The molecule has 0 saturated heterocycles. The Morgan fingerprint density at radius 1 is 1.25 bits per heavy atom. The predicted octanol–water partition coefficient (Wildman–Crippen LogP) is 6.20. The summed E-state index contributed by atoms with van der Waals surface area (Å²) in [5.41, 5.74) is 0.269. The van der Waals surface area contributed by atoms with Crippen LogP contribution in [0, 0.1) is 5.41 Å². The monoisotopic (exact) mass is 368 g/mol. The number of esters is 1. The van der Waals surface area contributed by atoms with Crippen LogP contribution in [-0.2, 0) is 23.3 Å². The Hall–Kier alpha value is -0.710. The summed E-state index contributed by atoms with van der Waals surface area (Å²) in [5, 5.41) is 0. The highest BCUT2D eigenvalue weighted by Crippen LogP contribution is 2.49. The second kappa shape index (κ2) is 14.6. The maximum absolute atomic E-state index is 11.3. The molecule has 0 bridgehead atoms. The first-order valence-electron chi connectivity index (χ1n) is 8.66. The van der Waals surface area contributed by atoms with Crippen molar-refractivity contribution >= 4 is 13.6 Å². The highest BCUT2D eigenvalue weighted by Gasteiger charge is 2.32. The molecule has 24 heavy (non-hydrogen) atoms. The van der Waals surface area contributed by atoms with Crippen molar-refractivity contribution in [3.05, 3.63) is 12.4 Å². The van der Waals surface area contributed by atoms with Gasteiger partial charge in [-0.15, -0.1) is 4.73 Å². The average Bonchev–Trinajstić information content (AvgIpc) is 2.64. The SMILES string of the molecule is C=CP(=O)(OF)OCC.CC.CCC1(CC(=O)OC)CCCCC1. The van der Waals surface area contributed by atoms with Crippen molar-refractivity contribution in [1.29, 1.82) is 0 Å². The predicted molar refractivity (Wildman–Crippen MR) is 95.4 cm³/mol. The number of hydrogen-bond acceptors (Lipinski definition) is 5. The zero-order valence-electron chi connectivity index (χ0n) is 15.8. The zero-order chi connectivity index (χ0) is 19.1. The van der Waals surface area contributed by atoms with Gasteiger partial charge in [0.2, 0.25) is 0 Å². The van der Waals surface area contributed by atoms with E-state index in [0.29, 0.717) is 6.42 Å². The van der Waals surface area contributed by atoms with Gasteiger partial charge in [0.15, 0.2) is 0 Å². The molecule has 0 aromatic rings. The van der Waals surface area contributed by atoms with E-state index in [4.69, 9.17) is 4.74 Å². The zero-order valence-corrected chi connectivity index (χ0v) is 16.7. The van der Waals surface area contributed by atoms with Gasteiger partial charge in [-0.25, -0.2) is 0 Å². The number of methoxy groups -OCH3 is 1. The van der Waals surface area contributed by atoms with Crippen LogP contribution in [0.3, 0.4) is 0 Å². The summed E-state index contributed by atoms with van der Waals surface area (Å²) in [7, 11) is -2.10. The molecule has 1 aliphatic carbocycles. The third kappa shape index (κ3) is 10.2. The van der Waals surface area contributed by atoms with Crippen LogP contribution in [0.5, 0.6) is 0 Å². The number of ether oxygens (including phenoxy) is 1.